The number of nitrogens with zero attached hydrogens (tertiary/aromatic N) is 2. The van der Waals surface area contributed by atoms with Crippen molar-refractivity contribution >= 4 is 34.1 Å². The van der Waals surface area contributed by atoms with Crippen LogP contribution >= 0.6 is 0 Å². The van der Waals surface area contributed by atoms with Gasteiger partial charge in [0.05, 0.1) is 5.69 Å². The van der Waals surface area contributed by atoms with Gasteiger partial charge in [0, 0.05) is 44.8 Å². The molecule has 0 saturated carbocycles. The largest absolute Gasteiger partial charge is 0.310 e. The molecule has 0 saturated heterocycles. The molecule has 69 heavy (non-hydrogen) atoms. The SMILES string of the molecule is Cc1cc(N(c2ccc(C(C)(C)c3ccccc3)cc2)c2ccc(C(C)(C)c3ccccc3)cc2)cc(N(c2ccc3c(c2)C(C)(C)CCC3(C)C)c2ccc(C(C)(C)C)cc2-c2ccccc2)c1. The van der Waals surface area contributed by atoms with E-state index >= 15 is 0 Å². The second-order valence-electron chi connectivity index (χ2n) is 23.1. The second kappa shape index (κ2) is 18.0. The average molecular weight is 905 g/mol. The van der Waals surface area contributed by atoms with E-state index in [0.29, 0.717) is 0 Å². The predicted molar refractivity (Wildman–Crippen MR) is 297 cm³/mol. The molecule has 0 aliphatic heterocycles. The highest BCUT2D eigenvalue weighted by atomic mass is 15.2. The van der Waals surface area contributed by atoms with Crippen LogP contribution in [0.15, 0.2) is 194 Å². The van der Waals surface area contributed by atoms with Crippen LogP contribution < -0.4 is 9.80 Å². The Hall–Kier alpha value is -6.64. The lowest BCUT2D eigenvalue weighted by molar-refractivity contribution is 0.332. The highest BCUT2D eigenvalue weighted by Gasteiger charge is 2.38. The van der Waals surface area contributed by atoms with E-state index < -0.39 is 0 Å². The summed E-state index contributed by atoms with van der Waals surface area (Å²) in [5.74, 6) is 0. The molecule has 0 radical (unpaired) electrons. The minimum Gasteiger partial charge on any atom is -0.310 e. The third kappa shape index (κ3) is 9.31. The van der Waals surface area contributed by atoms with Crippen molar-refractivity contribution in [2.45, 2.75) is 123 Å². The molecule has 0 atom stereocenters. The number of hydrogen-bond acceptors (Lipinski definition) is 2. The van der Waals surface area contributed by atoms with Crippen LogP contribution in [0.3, 0.4) is 0 Å². The molecule has 1 aliphatic carbocycles. The van der Waals surface area contributed by atoms with Crippen molar-refractivity contribution in [2.24, 2.45) is 0 Å². The molecular formula is C67H72N2. The van der Waals surface area contributed by atoms with E-state index in [-0.39, 0.29) is 27.1 Å². The summed E-state index contributed by atoms with van der Waals surface area (Å²) in [5, 5.41) is 0. The van der Waals surface area contributed by atoms with Crippen molar-refractivity contribution in [1.29, 1.82) is 0 Å². The van der Waals surface area contributed by atoms with Gasteiger partial charge in [0.1, 0.15) is 0 Å². The summed E-state index contributed by atoms with van der Waals surface area (Å²) in [6.07, 6.45) is 2.33. The average Bonchev–Trinajstić information content (AvgIpc) is 3.34. The van der Waals surface area contributed by atoms with Crippen LogP contribution in [0.5, 0.6) is 0 Å². The monoisotopic (exact) mass is 905 g/mol. The first-order valence-electron chi connectivity index (χ1n) is 25.1. The van der Waals surface area contributed by atoms with Crippen LogP contribution in [-0.4, -0.2) is 0 Å². The standard InChI is InChI=1S/C67H72N2/c1-47-42-57(68(54-33-28-51(29-34-54)66(9,10)49-24-18-14-19-25-49)55-35-30-52(31-36-55)67(11,12)50-26-20-15-21-27-50)45-58(43-47)69(56-37-38-60-61(46-56)65(7,8)41-40-64(60,5)6)62-39-32-53(63(2,3)4)44-59(62)48-22-16-13-17-23-48/h13-39,42-46H,40-41H2,1-12H3. The van der Waals surface area contributed by atoms with Crippen molar-refractivity contribution in [2.75, 3.05) is 9.80 Å². The lowest BCUT2D eigenvalue weighted by Gasteiger charge is -2.42. The molecule has 0 aromatic heterocycles. The Morgan fingerprint density at radius 2 is 0.783 bits per heavy atom. The quantitative estimate of drug-likeness (QED) is 0.128. The molecule has 350 valence electrons. The van der Waals surface area contributed by atoms with E-state index in [9.17, 15) is 0 Å². The fraction of sp³-hybridized carbons (Fsp3) is 0.284. The zero-order valence-electron chi connectivity index (χ0n) is 43.3. The van der Waals surface area contributed by atoms with Crippen LogP contribution in [0, 0.1) is 6.92 Å². The van der Waals surface area contributed by atoms with Crippen molar-refractivity contribution < 1.29 is 0 Å². The minimum atomic E-state index is -0.163. The maximum Gasteiger partial charge on any atom is 0.0540 e. The highest BCUT2D eigenvalue weighted by Crippen LogP contribution is 2.51. The van der Waals surface area contributed by atoms with Gasteiger partial charge in [-0.15, -0.1) is 0 Å². The van der Waals surface area contributed by atoms with Gasteiger partial charge >= 0.3 is 0 Å². The first-order chi connectivity index (χ1) is 32.7. The molecule has 1 aliphatic rings. The van der Waals surface area contributed by atoms with Crippen molar-refractivity contribution in [1.82, 2.24) is 0 Å². The molecule has 0 unspecified atom stereocenters. The maximum absolute atomic E-state index is 2.54. The number of aryl methyl sites for hydroxylation is 1. The third-order valence-corrected chi connectivity index (χ3v) is 15.5. The molecular weight excluding hydrogens is 833 g/mol. The fourth-order valence-corrected chi connectivity index (χ4v) is 10.7. The Kier molecular flexibility index (Phi) is 12.4. The summed E-state index contributed by atoms with van der Waals surface area (Å²) >= 11 is 0. The molecule has 9 rings (SSSR count). The highest BCUT2D eigenvalue weighted by molar-refractivity contribution is 5.91. The van der Waals surface area contributed by atoms with Gasteiger partial charge in [-0.25, -0.2) is 0 Å². The summed E-state index contributed by atoms with van der Waals surface area (Å²) in [5.41, 5.74) is 19.5. The fourth-order valence-electron chi connectivity index (χ4n) is 10.7. The molecule has 0 spiro atoms. The summed E-state index contributed by atoms with van der Waals surface area (Å²) in [4.78, 5) is 4.99. The number of rotatable bonds is 11. The van der Waals surface area contributed by atoms with Gasteiger partial charge in [-0.1, -0.05) is 204 Å². The Labute approximate surface area is 414 Å². The first kappa shape index (κ1) is 47.4. The predicted octanol–water partition coefficient (Wildman–Crippen LogP) is 18.9. The smallest absolute Gasteiger partial charge is 0.0540 e. The van der Waals surface area contributed by atoms with Crippen LogP contribution in [-0.2, 0) is 27.1 Å². The number of hydrogen-bond donors (Lipinski definition) is 0. The van der Waals surface area contributed by atoms with E-state index in [0.717, 1.165) is 34.9 Å². The van der Waals surface area contributed by atoms with Crippen LogP contribution in [0.2, 0.25) is 0 Å². The van der Waals surface area contributed by atoms with Crippen LogP contribution in [0.25, 0.3) is 11.1 Å². The summed E-state index contributed by atoms with van der Waals surface area (Å²) < 4.78 is 0. The molecule has 8 aromatic rings. The van der Waals surface area contributed by atoms with E-state index in [1.54, 1.807) is 0 Å². The third-order valence-electron chi connectivity index (χ3n) is 15.5. The lowest BCUT2D eigenvalue weighted by Crippen LogP contribution is -2.34. The number of anilines is 6. The zero-order chi connectivity index (χ0) is 48.9. The van der Waals surface area contributed by atoms with Gasteiger partial charge in [0.25, 0.3) is 0 Å². The molecule has 2 heteroatoms. The van der Waals surface area contributed by atoms with Gasteiger partial charge in [0.15, 0.2) is 0 Å². The van der Waals surface area contributed by atoms with Crippen molar-refractivity contribution in [3.05, 3.63) is 239 Å². The lowest BCUT2D eigenvalue weighted by atomic mass is 9.63. The van der Waals surface area contributed by atoms with E-state index in [4.69, 9.17) is 0 Å². The molecule has 0 N–H and O–H groups in total. The minimum absolute atomic E-state index is 0.0248. The van der Waals surface area contributed by atoms with E-state index in [1.165, 1.54) is 67.7 Å². The van der Waals surface area contributed by atoms with Crippen LogP contribution in [0.1, 0.15) is 134 Å². The molecule has 0 heterocycles. The van der Waals surface area contributed by atoms with E-state index in [2.05, 4.69) is 287 Å². The summed E-state index contributed by atoms with van der Waals surface area (Å²) in [6.45, 7) is 28.2. The molecule has 0 bridgehead atoms. The van der Waals surface area contributed by atoms with Gasteiger partial charge in [-0.3, -0.25) is 0 Å². The Morgan fingerprint density at radius 1 is 0.362 bits per heavy atom. The molecule has 0 amide bonds. The summed E-state index contributed by atoms with van der Waals surface area (Å²) in [6, 6.07) is 72.9. The Bertz CT molecular complexity index is 2960. The molecule has 2 nitrogen and oxygen atoms in total. The van der Waals surface area contributed by atoms with Crippen molar-refractivity contribution in [3.8, 4) is 11.1 Å². The Balaban J connectivity index is 1.26. The number of benzene rings is 8. The van der Waals surface area contributed by atoms with Gasteiger partial charge in [0.2, 0.25) is 0 Å². The number of fused-ring (bicyclic) bond motifs is 1. The van der Waals surface area contributed by atoms with Crippen LogP contribution in [0.4, 0.5) is 34.1 Å². The first-order valence-corrected chi connectivity index (χ1v) is 25.1. The maximum atomic E-state index is 2.54. The zero-order valence-corrected chi connectivity index (χ0v) is 43.3. The van der Waals surface area contributed by atoms with Gasteiger partial charge < -0.3 is 9.80 Å². The normalized spacial score (nSPS) is 14.5. The van der Waals surface area contributed by atoms with E-state index in [1.807, 2.05) is 0 Å². The second-order valence-corrected chi connectivity index (χ2v) is 23.1. The van der Waals surface area contributed by atoms with Gasteiger partial charge in [-0.05, 0) is 153 Å². The Morgan fingerprint density at radius 3 is 1.28 bits per heavy atom. The van der Waals surface area contributed by atoms with Gasteiger partial charge in [-0.2, -0.15) is 0 Å². The van der Waals surface area contributed by atoms with Crippen molar-refractivity contribution in [3.63, 3.8) is 0 Å². The molecule has 8 aromatic carbocycles. The topological polar surface area (TPSA) is 6.48 Å². The summed E-state index contributed by atoms with van der Waals surface area (Å²) in [7, 11) is 0. The molecule has 0 fully saturated rings.